The van der Waals surface area contributed by atoms with E-state index in [-0.39, 0.29) is 11.9 Å². The van der Waals surface area contributed by atoms with Crippen molar-refractivity contribution < 1.29 is 4.79 Å². The number of nitrogens with zero attached hydrogens (tertiary/aromatic N) is 2. The lowest BCUT2D eigenvalue weighted by Crippen LogP contribution is -2.46. The Morgan fingerprint density at radius 3 is 2.23 bits per heavy atom. The molecule has 1 aromatic rings. The first-order valence-electron chi connectivity index (χ1n) is 12.3. The summed E-state index contributed by atoms with van der Waals surface area (Å²) in [5.41, 5.74) is 6.94. The third-order valence-corrected chi connectivity index (χ3v) is 7.90. The van der Waals surface area contributed by atoms with E-state index in [2.05, 4.69) is 19.1 Å². The Hall–Kier alpha value is -1.84. The van der Waals surface area contributed by atoms with Gasteiger partial charge in [-0.05, 0) is 43.6 Å². The Morgan fingerprint density at radius 2 is 1.60 bits per heavy atom. The van der Waals surface area contributed by atoms with Crippen LogP contribution < -0.4 is 5.73 Å². The van der Waals surface area contributed by atoms with Crippen LogP contribution in [0.2, 0.25) is 0 Å². The highest BCUT2D eigenvalue weighted by atomic mass is 16.2. The number of amides is 1. The molecule has 4 rings (SSSR count). The smallest absolute Gasteiger partial charge is 0.257 e. The minimum absolute atomic E-state index is 0.0784. The average Bonchev–Trinajstić information content (AvgIpc) is 3.03. The Bertz CT molecular complexity index is 734. The first-order valence-corrected chi connectivity index (χ1v) is 12.3. The molecule has 4 heteroatoms. The van der Waals surface area contributed by atoms with E-state index in [4.69, 9.17) is 10.7 Å². The van der Waals surface area contributed by atoms with Crippen molar-refractivity contribution in [2.75, 3.05) is 0 Å². The predicted octanol–water partition coefficient (Wildman–Crippen LogP) is 5.97. The summed E-state index contributed by atoms with van der Waals surface area (Å²) >= 11 is 0. The maximum Gasteiger partial charge on any atom is 0.257 e. The van der Waals surface area contributed by atoms with E-state index >= 15 is 0 Å². The summed E-state index contributed by atoms with van der Waals surface area (Å²) < 4.78 is 0. The lowest BCUT2D eigenvalue weighted by Gasteiger charge is -2.34. The van der Waals surface area contributed by atoms with Crippen LogP contribution in [0.5, 0.6) is 0 Å². The fourth-order valence-corrected chi connectivity index (χ4v) is 6.09. The maximum atomic E-state index is 13.9. The number of hydrogen-bond donors (Lipinski definition) is 1. The fraction of sp³-hybridized carbons (Fsp3) is 0.692. The van der Waals surface area contributed by atoms with Gasteiger partial charge in [0.25, 0.3) is 5.91 Å². The van der Waals surface area contributed by atoms with E-state index in [1.54, 1.807) is 4.90 Å². The molecule has 0 spiro atoms. The van der Waals surface area contributed by atoms with Gasteiger partial charge >= 0.3 is 0 Å². The largest absolute Gasteiger partial charge is 0.369 e. The summed E-state index contributed by atoms with van der Waals surface area (Å²) in [6.07, 6.45) is 16.0. The van der Waals surface area contributed by atoms with Gasteiger partial charge in [-0.2, -0.15) is 0 Å². The van der Waals surface area contributed by atoms with Crippen molar-refractivity contribution >= 4 is 11.9 Å². The molecule has 0 unspecified atom stereocenters. The summed E-state index contributed by atoms with van der Waals surface area (Å²) in [5, 5.41) is 0. The summed E-state index contributed by atoms with van der Waals surface area (Å²) in [7, 11) is 0. The maximum absolute atomic E-state index is 13.9. The van der Waals surface area contributed by atoms with E-state index in [0.717, 1.165) is 30.7 Å². The first kappa shape index (κ1) is 21.4. The van der Waals surface area contributed by atoms with Gasteiger partial charge < -0.3 is 5.73 Å². The standard InChI is InChI=1S/C26H39N3O/c1-20(23-15-9-4-10-16-23)29-24(30)26(28-25(29)27,19-22-13-7-3-8-14-22)18-17-21-11-5-2-6-12-21/h4,9-10,15-16,20-22H,2-3,5-8,11-14,17-19H2,1H3,(H2,27,28)/t20-,26+/m0/s1. The van der Waals surface area contributed by atoms with Crippen LogP contribution in [0.1, 0.15) is 102 Å². The quantitative estimate of drug-likeness (QED) is 0.603. The van der Waals surface area contributed by atoms with Gasteiger partial charge in [-0.15, -0.1) is 0 Å². The minimum Gasteiger partial charge on any atom is -0.369 e. The van der Waals surface area contributed by atoms with Crippen molar-refractivity contribution in [1.29, 1.82) is 0 Å². The number of rotatable bonds is 7. The van der Waals surface area contributed by atoms with Crippen LogP contribution >= 0.6 is 0 Å². The molecule has 1 amide bonds. The molecular weight excluding hydrogens is 370 g/mol. The zero-order valence-electron chi connectivity index (χ0n) is 18.7. The number of carbonyl (C=O) groups excluding carboxylic acids is 1. The summed E-state index contributed by atoms with van der Waals surface area (Å²) in [5.74, 6) is 1.94. The van der Waals surface area contributed by atoms with Gasteiger partial charge in [-0.3, -0.25) is 9.69 Å². The van der Waals surface area contributed by atoms with Crippen molar-refractivity contribution in [3.05, 3.63) is 35.9 Å². The van der Waals surface area contributed by atoms with Gasteiger partial charge in [-0.1, -0.05) is 94.5 Å². The highest BCUT2D eigenvalue weighted by molar-refractivity contribution is 6.07. The van der Waals surface area contributed by atoms with Crippen LogP contribution in [0, 0.1) is 11.8 Å². The second-order valence-electron chi connectivity index (χ2n) is 10.0. The van der Waals surface area contributed by atoms with Crippen molar-refractivity contribution in [2.45, 2.75) is 102 Å². The van der Waals surface area contributed by atoms with Crippen molar-refractivity contribution in [3.8, 4) is 0 Å². The first-order chi connectivity index (χ1) is 14.6. The SMILES string of the molecule is C[C@@H](c1ccccc1)N1C(=O)[C@@](CCC2CCCCC2)(CC2CCCCC2)N=C1N. The molecule has 2 aliphatic carbocycles. The second-order valence-corrected chi connectivity index (χ2v) is 10.0. The number of benzene rings is 1. The lowest BCUT2D eigenvalue weighted by molar-refractivity contribution is -0.133. The van der Waals surface area contributed by atoms with Gasteiger partial charge in [0.2, 0.25) is 0 Å². The highest BCUT2D eigenvalue weighted by Crippen LogP contribution is 2.42. The molecule has 2 saturated carbocycles. The minimum atomic E-state index is -0.632. The highest BCUT2D eigenvalue weighted by Gasteiger charge is 2.50. The van der Waals surface area contributed by atoms with E-state index in [1.165, 1.54) is 64.2 Å². The monoisotopic (exact) mass is 409 g/mol. The molecule has 0 bridgehead atoms. The van der Waals surface area contributed by atoms with Crippen LogP contribution in [0.3, 0.4) is 0 Å². The molecule has 0 radical (unpaired) electrons. The van der Waals surface area contributed by atoms with Crippen LogP contribution in [0.15, 0.2) is 35.3 Å². The van der Waals surface area contributed by atoms with Crippen LogP contribution in [0.25, 0.3) is 0 Å². The average molecular weight is 410 g/mol. The fourth-order valence-electron chi connectivity index (χ4n) is 6.09. The molecule has 3 aliphatic rings. The van der Waals surface area contributed by atoms with Crippen LogP contribution in [-0.2, 0) is 4.79 Å². The molecule has 1 aromatic carbocycles. The second kappa shape index (κ2) is 9.53. The number of aliphatic imine (C=N–C) groups is 1. The molecule has 2 fully saturated rings. The number of hydrogen-bond acceptors (Lipinski definition) is 3. The Kier molecular flexibility index (Phi) is 6.80. The molecule has 0 aromatic heterocycles. The van der Waals surface area contributed by atoms with Gasteiger partial charge in [0, 0.05) is 0 Å². The zero-order valence-corrected chi connectivity index (χ0v) is 18.7. The molecule has 1 aliphatic heterocycles. The van der Waals surface area contributed by atoms with E-state index in [1.807, 2.05) is 18.2 Å². The zero-order chi connectivity index (χ0) is 21.0. The molecule has 30 heavy (non-hydrogen) atoms. The topological polar surface area (TPSA) is 58.7 Å². The van der Waals surface area contributed by atoms with E-state index < -0.39 is 5.54 Å². The Labute approximate surface area is 182 Å². The number of carbonyl (C=O) groups is 1. The van der Waals surface area contributed by atoms with E-state index in [9.17, 15) is 4.79 Å². The summed E-state index contributed by atoms with van der Waals surface area (Å²) in [6, 6.07) is 10.1. The molecule has 164 valence electrons. The van der Waals surface area contributed by atoms with Crippen molar-refractivity contribution in [3.63, 3.8) is 0 Å². The molecule has 0 saturated heterocycles. The Balaban J connectivity index is 1.55. The van der Waals surface area contributed by atoms with Gasteiger partial charge in [0.1, 0.15) is 5.54 Å². The Morgan fingerprint density at radius 1 is 1.00 bits per heavy atom. The molecule has 4 nitrogen and oxygen atoms in total. The van der Waals surface area contributed by atoms with Gasteiger partial charge in [0.15, 0.2) is 5.96 Å². The molecule has 1 heterocycles. The normalized spacial score (nSPS) is 27.3. The van der Waals surface area contributed by atoms with Crippen molar-refractivity contribution in [2.24, 2.45) is 22.6 Å². The number of guanidine groups is 1. The van der Waals surface area contributed by atoms with E-state index in [0.29, 0.717) is 11.9 Å². The molecule has 2 atom stereocenters. The predicted molar refractivity (Wildman–Crippen MR) is 123 cm³/mol. The number of nitrogens with two attached hydrogens (primary N) is 1. The van der Waals surface area contributed by atoms with Crippen LogP contribution in [-0.4, -0.2) is 22.3 Å². The third kappa shape index (κ3) is 4.58. The van der Waals surface area contributed by atoms with Gasteiger partial charge in [-0.25, -0.2) is 4.99 Å². The molecular formula is C26H39N3O. The summed E-state index contributed by atoms with van der Waals surface area (Å²) in [6.45, 7) is 2.08. The van der Waals surface area contributed by atoms with Gasteiger partial charge in [0.05, 0.1) is 6.04 Å². The van der Waals surface area contributed by atoms with Crippen molar-refractivity contribution in [1.82, 2.24) is 4.90 Å². The van der Waals surface area contributed by atoms with Crippen LogP contribution in [0.4, 0.5) is 0 Å². The third-order valence-electron chi connectivity index (χ3n) is 7.90. The molecule has 2 N–H and O–H groups in total. The lowest BCUT2D eigenvalue weighted by atomic mass is 9.75. The summed E-state index contributed by atoms with van der Waals surface area (Å²) in [4.78, 5) is 20.7.